The number of rotatable bonds is 11. The van der Waals surface area contributed by atoms with Gasteiger partial charge in [0.25, 0.3) is 0 Å². The van der Waals surface area contributed by atoms with E-state index in [4.69, 9.17) is 4.74 Å². The van der Waals surface area contributed by atoms with Gasteiger partial charge in [0.2, 0.25) is 5.91 Å². The van der Waals surface area contributed by atoms with Crippen LogP contribution < -0.4 is 0 Å². The Labute approximate surface area is 129 Å². The van der Waals surface area contributed by atoms with E-state index in [-0.39, 0.29) is 17.9 Å². The summed E-state index contributed by atoms with van der Waals surface area (Å²) in [5.41, 5.74) is 0. The molecule has 0 bridgehead atoms. The number of amides is 1. The van der Waals surface area contributed by atoms with Gasteiger partial charge in [0.05, 0.1) is 6.61 Å². The van der Waals surface area contributed by atoms with Crippen LogP contribution in [0.4, 0.5) is 0 Å². The number of carbonyl (C=O) groups excluding carboxylic acids is 2. The van der Waals surface area contributed by atoms with Crippen LogP contribution in [0.1, 0.15) is 78.1 Å². The molecular formula is C17H31NO3. The number of nitrogens with zero attached hydrogens (tertiary/aromatic N) is 1. The predicted octanol–water partition coefficient (Wildman–Crippen LogP) is 3.68. The van der Waals surface area contributed by atoms with E-state index in [0.717, 1.165) is 25.7 Å². The lowest BCUT2D eigenvalue weighted by Gasteiger charge is -2.23. The number of carbonyl (C=O) groups is 2. The zero-order valence-electron chi connectivity index (χ0n) is 13.7. The largest absolute Gasteiger partial charge is 0.464 e. The van der Waals surface area contributed by atoms with Gasteiger partial charge in [-0.1, -0.05) is 52.4 Å². The maximum Gasteiger partial charge on any atom is 0.328 e. The van der Waals surface area contributed by atoms with Crippen molar-refractivity contribution in [2.45, 2.75) is 84.1 Å². The summed E-state index contributed by atoms with van der Waals surface area (Å²) in [6, 6.07) is -0.329. The Morgan fingerprint density at radius 3 is 2.48 bits per heavy atom. The van der Waals surface area contributed by atoms with Crippen LogP contribution in [0.5, 0.6) is 0 Å². The number of esters is 1. The molecule has 122 valence electrons. The van der Waals surface area contributed by atoms with Gasteiger partial charge in [-0.25, -0.2) is 4.79 Å². The Bertz CT molecular complexity index is 317. The summed E-state index contributed by atoms with van der Waals surface area (Å²) in [6.07, 6.45) is 10.2. The highest BCUT2D eigenvalue weighted by molar-refractivity contribution is 5.88. The smallest absolute Gasteiger partial charge is 0.328 e. The van der Waals surface area contributed by atoms with E-state index >= 15 is 0 Å². The zero-order chi connectivity index (χ0) is 15.5. The molecule has 0 aromatic carbocycles. The minimum absolute atomic E-state index is 0.102. The molecule has 4 heteroatoms. The molecule has 4 nitrogen and oxygen atoms in total. The van der Waals surface area contributed by atoms with E-state index in [1.54, 1.807) is 4.90 Å². The summed E-state index contributed by atoms with van der Waals surface area (Å²) in [7, 11) is 0. The Kier molecular flexibility index (Phi) is 9.11. The van der Waals surface area contributed by atoms with Gasteiger partial charge in [-0.15, -0.1) is 0 Å². The standard InChI is InChI=1S/C17H31NO3/c1-3-5-7-8-9-10-14-21-17(20)15-11-12-16(19)18(15)13-6-4-2/h15H,3-14H2,1-2H3/t15-/m0/s1. The second-order valence-corrected chi connectivity index (χ2v) is 5.93. The summed E-state index contributed by atoms with van der Waals surface area (Å²) >= 11 is 0. The zero-order valence-corrected chi connectivity index (χ0v) is 13.7. The normalized spacial score (nSPS) is 18.3. The topological polar surface area (TPSA) is 46.6 Å². The highest BCUT2D eigenvalue weighted by Gasteiger charge is 2.36. The molecule has 0 N–H and O–H groups in total. The van der Waals surface area contributed by atoms with Crippen molar-refractivity contribution in [2.24, 2.45) is 0 Å². The van der Waals surface area contributed by atoms with Crippen molar-refractivity contribution in [3.8, 4) is 0 Å². The SMILES string of the molecule is CCCCCCCCOC(=O)[C@@H]1CCC(=O)N1CCCC. The molecule has 1 amide bonds. The first kappa shape index (κ1) is 18.0. The minimum atomic E-state index is -0.329. The lowest BCUT2D eigenvalue weighted by Crippen LogP contribution is -2.40. The molecule has 0 aromatic rings. The molecule has 0 spiro atoms. The number of hydrogen-bond acceptors (Lipinski definition) is 3. The van der Waals surface area contributed by atoms with Crippen LogP contribution in [0.25, 0.3) is 0 Å². The quantitative estimate of drug-likeness (QED) is 0.432. The molecule has 1 aliphatic rings. The fourth-order valence-electron chi connectivity index (χ4n) is 2.74. The molecule has 0 aromatic heterocycles. The predicted molar refractivity (Wildman–Crippen MR) is 84.0 cm³/mol. The minimum Gasteiger partial charge on any atom is -0.464 e. The van der Waals surface area contributed by atoms with Gasteiger partial charge in [-0.2, -0.15) is 0 Å². The highest BCUT2D eigenvalue weighted by Crippen LogP contribution is 2.20. The summed E-state index contributed by atoms with van der Waals surface area (Å²) < 4.78 is 5.36. The van der Waals surface area contributed by atoms with Crippen molar-refractivity contribution in [2.75, 3.05) is 13.2 Å². The molecule has 0 radical (unpaired) electrons. The first-order valence-electron chi connectivity index (χ1n) is 8.66. The Hall–Kier alpha value is -1.06. The van der Waals surface area contributed by atoms with E-state index < -0.39 is 0 Å². The molecule has 1 saturated heterocycles. The van der Waals surface area contributed by atoms with Crippen LogP contribution in [0.3, 0.4) is 0 Å². The van der Waals surface area contributed by atoms with Crippen molar-refractivity contribution in [1.29, 1.82) is 0 Å². The first-order chi connectivity index (χ1) is 10.2. The molecular weight excluding hydrogens is 266 g/mol. The summed E-state index contributed by atoms with van der Waals surface area (Å²) in [6.45, 7) is 5.48. The van der Waals surface area contributed by atoms with Gasteiger partial charge in [-0.05, 0) is 19.3 Å². The molecule has 0 aliphatic carbocycles. The van der Waals surface area contributed by atoms with Crippen molar-refractivity contribution < 1.29 is 14.3 Å². The molecule has 1 atom stereocenters. The second-order valence-electron chi connectivity index (χ2n) is 5.93. The maximum atomic E-state index is 12.1. The molecule has 0 unspecified atom stereocenters. The van der Waals surface area contributed by atoms with Gasteiger partial charge >= 0.3 is 5.97 Å². The molecule has 1 aliphatic heterocycles. The monoisotopic (exact) mass is 297 g/mol. The summed E-state index contributed by atoms with van der Waals surface area (Å²) in [5, 5.41) is 0. The molecule has 1 heterocycles. The van der Waals surface area contributed by atoms with Crippen LogP contribution in [-0.2, 0) is 14.3 Å². The average molecular weight is 297 g/mol. The Morgan fingerprint density at radius 2 is 1.76 bits per heavy atom. The molecule has 1 rings (SSSR count). The first-order valence-corrected chi connectivity index (χ1v) is 8.66. The Balaban J connectivity index is 2.19. The third kappa shape index (κ3) is 6.49. The van der Waals surface area contributed by atoms with Crippen LogP contribution >= 0.6 is 0 Å². The van der Waals surface area contributed by atoms with Crippen molar-refractivity contribution in [1.82, 2.24) is 4.90 Å². The van der Waals surface area contributed by atoms with E-state index in [9.17, 15) is 9.59 Å². The summed E-state index contributed by atoms with van der Waals surface area (Å²) in [4.78, 5) is 25.6. The van der Waals surface area contributed by atoms with E-state index in [0.29, 0.717) is 26.0 Å². The number of ether oxygens (including phenoxy) is 1. The van der Waals surface area contributed by atoms with Gasteiger partial charge in [0.15, 0.2) is 0 Å². The highest BCUT2D eigenvalue weighted by atomic mass is 16.5. The van der Waals surface area contributed by atoms with Crippen molar-refractivity contribution in [3.63, 3.8) is 0 Å². The third-order valence-corrected chi connectivity index (χ3v) is 4.10. The van der Waals surface area contributed by atoms with Crippen LogP contribution in [0.15, 0.2) is 0 Å². The van der Waals surface area contributed by atoms with Gasteiger partial charge < -0.3 is 9.64 Å². The van der Waals surface area contributed by atoms with Gasteiger partial charge in [0, 0.05) is 13.0 Å². The van der Waals surface area contributed by atoms with E-state index in [1.807, 2.05) is 0 Å². The number of unbranched alkanes of at least 4 members (excludes halogenated alkanes) is 6. The van der Waals surface area contributed by atoms with Gasteiger partial charge in [-0.3, -0.25) is 4.79 Å². The third-order valence-electron chi connectivity index (χ3n) is 4.10. The summed E-state index contributed by atoms with van der Waals surface area (Å²) in [5.74, 6) is -0.101. The van der Waals surface area contributed by atoms with Crippen LogP contribution in [0.2, 0.25) is 0 Å². The second kappa shape index (κ2) is 10.6. The van der Waals surface area contributed by atoms with Crippen LogP contribution in [-0.4, -0.2) is 36.0 Å². The van der Waals surface area contributed by atoms with Crippen molar-refractivity contribution >= 4 is 11.9 Å². The molecule has 1 fully saturated rings. The lowest BCUT2D eigenvalue weighted by atomic mass is 10.1. The average Bonchev–Trinajstić information content (AvgIpc) is 2.85. The fourth-order valence-corrected chi connectivity index (χ4v) is 2.74. The van der Waals surface area contributed by atoms with E-state index in [1.165, 1.54) is 25.7 Å². The maximum absolute atomic E-state index is 12.1. The van der Waals surface area contributed by atoms with Crippen molar-refractivity contribution in [3.05, 3.63) is 0 Å². The fraction of sp³-hybridized carbons (Fsp3) is 0.882. The number of hydrogen-bond donors (Lipinski definition) is 0. The van der Waals surface area contributed by atoms with E-state index in [2.05, 4.69) is 13.8 Å². The molecule has 21 heavy (non-hydrogen) atoms. The van der Waals surface area contributed by atoms with Crippen LogP contribution in [0, 0.1) is 0 Å². The van der Waals surface area contributed by atoms with Gasteiger partial charge in [0.1, 0.15) is 6.04 Å². The number of likely N-dealkylation sites (tertiary alicyclic amines) is 1. The Morgan fingerprint density at radius 1 is 1.10 bits per heavy atom. The molecule has 0 saturated carbocycles. The lowest BCUT2D eigenvalue weighted by molar-refractivity contribution is -0.152.